The monoisotopic (exact) mass is 283 g/mol. The lowest BCUT2D eigenvalue weighted by atomic mass is 10.0. The molecule has 0 fully saturated rings. The van der Waals surface area contributed by atoms with Gasteiger partial charge in [0.05, 0.1) is 0 Å². The van der Waals surface area contributed by atoms with Crippen LogP contribution in [-0.4, -0.2) is 36.6 Å². The van der Waals surface area contributed by atoms with Gasteiger partial charge >= 0.3 is 0 Å². The molecule has 0 aliphatic heterocycles. The number of nitrogens with zero attached hydrogens (tertiary/aromatic N) is 1. The van der Waals surface area contributed by atoms with Gasteiger partial charge in [0.15, 0.2) is 0 Å². The third kappa shape index (κ3) is 3.57. The molecule has 0 radical (unpaired) electrons. The predicted octanol–water partition coefficient (Wildman–Crippen LogP) is 2.46. The van der Waals surface area contributed by atoms with Crippen molar-refractivity contribution in [2.75, 3.05) is 20.7 Å². The average Bonchev–Trinajstić information content (AvgIpc) is 2.76. The minimum atomic E-state index is -1.23. The Balaban J connectivity index is 0.00000180. The molecule has 1 aromatic carbocycles. The fraction of sp³-hybridized carbons (Fsp3) is 0.467. The van der Waals surface area contributed by atoms with Gasteiger partial charge in [0.1, 0.15) is 0 Å². The molecule has 0 heterocycles. The second-order valence-corrected chi connectivity index (χ2v) is 4.89. The van der Waals surface area contributed by atoms with Crippen LogP contribution in [0.2, 0.25) is 0 Å². The Labute approximate surface area is 121 Å². The minimum Gasteiger partial charge on any atom is -0.353 e. The van der Waals surface area contributed by atoms with Gasteiger partial charge < -0.3 is 9.84 Å². The second-order valence-electron chi connectivity index (χ2n) is 4.89. The molecular formula is C15H22ClNO2. The first-order chi connectivity index (χ1) is 8.55. The normalized spacial score (nSPS) is 16.1. The molecular weight excluding hydrogens is 262 g/mol. The summed E-state index contributed by atoms with van der Waals surface area (Å²) in [5.41, 5.74) is 3.70. The van der Waals surface area contributed by atoms with Crippen molar-refractivity contribution in [3.8, 4) is 0 Å². The molecule has 1 atom stereocenters. The number of likely N-dealkylation sites (N-methyl/N-ethyl adjacent to an activating group) is 1. The van der Waals surface area contributed by atoms with E-state index < -0.39 is 5.91 Å². The molecule has 1 unspecified atom stereocenters. The van der Waals surface area contributed by atoms with E-state index in [1.807, 2.05) is 21.0 Å². The Bertz CT molecular complexity index is 459. The summed E-state index contributed by atoms with van der Waals surface area (Å²) in [6, 6.07) is 6.32. The van der Waals surface area contributed by atoms with E-state index in [-0.39, 0.29) is 12.4 Å². The quantitative estimate of drug-likeness (QED) is 0.843. The fourth-order valence-corrected chi connectivity index (χ4v) is 2.26. The van der Waals surface area contributed by atoms with Gasteiger partial charge in [0, 0.05) is 13.0 Å². The van der Waals surface area contributed by atoms with Crippen LogP contribution in [0.1, 0.15) is 23.6 Å². The minimum absolute atomic E-state index is 0. The van der Waals surface area contributed by atoms with Crippen molar-refractivity contribution >= 4 is 18.5 Å². The van der Waals surface area contributed by atoms with E-state index in [4.69, 9.17) is 4.74 Å². The molecule has 0 saturated heterocycles. The van der Waals surface area contributed by atoms with Crippen molar-refractivity contribution in [3.63, 3.8) is 0 Å². The highest BCUT2D eigenvalue weighted by atomic mass is 35.5. The van der Waals surface area contributed by atoms with Gasteiger partial charge in [0.25, 0.3) is 0 Å². The Morgan fingerprint density at radius 1 is 1.37 bits per heavy atom. The third-order valence-corrected chi connectivity index (χ3v) is 3.35. The molecule has 106 valence electrons. The molecule has 0 amide bonds. The molecule has 3 nitrogen and oxygen atoms in total. The van der Waals surface area contributed by atoms with Crippen LogP contribution < -0.4 is 0 Å². The average molecular weight is 284 g/mol. The zero-order chi connectivity index (χ0) is 13.2. The van der Waals surface area contributed by atoms with E-state index in [0.717, 1.165) is 12.0 Å². The SMILES string of the molecule is CCOC(O)(Cc1ccc2c(c1)CC=C2)N(C)C.Cl. The van der Waals surface area contributed by atoms with E-state index in [1.165, 1.54) is 11.1 Å². The smallest absolute Gasteiger partial charge is 0.231 e. The Kier molecular flexibility index (Phi) is 5.56. The molecule has 1 aliphatic carbocycles. The molecule has 1 aliphatic rings. The van der Waals surface area contributed by atoms with Gasteiger partial charge in [-0.2, -0.15) is 0 Å². The summed E-state index contributed by atoms with van der Waals surface area (Å²) in [7, 11) is 3.65. The lowest BCUT2D eigenvalue weighted by Crippen LogP contribution is -2.48. The lowest BCUT2D eigenvalue weighted by molar-refractivity contribution is -0.277. The molecule has 19 heavy (non-hydrogen) atoms. The first-order valence-electron chi connectivity index (χ1n) is 6.37. The third-order valence-electron chi connectivity index (χ3n) is 3.35. The summed E-state index contributed by atoms with van der Waals surface area (Å²) in [6.45, 7) is 2.38. The number of hydrogen-bond donors (Lipinski definition) is 1. The standard InChI is InChI=1S/C15H21NO2.ClH/c1-4-18-15(17,16(2)3)11-12-8-9-13-6-5-7-14(13)10-12;/h5-6,8-10,17H,4,7,11H2,1-3H3;1H. The largest absolute Gasteiger partial charge is 0.353 e. The highest BCUT2D eigenvalue weighted by molar-refractivity contribution is 5.85. The van der Waals surface area contributed by atoms with Crippen molar-refractivity contribution in [3.05, 3.63) is 41.0 Å². The number of fused-ring (bicyclic) bond motifs is 1. The molecule has 0 saturated carbocycles. The molecule has 2 rings (SSSR count). The topological polar surface area (TPSA) is 32.7 Å². The maximum Gasteiger partial charge on any atom is 0.231 e. The summed E-state index contributed by atoms with van der Waals surface area (Å²) in [6.07, 6.45) is 5.76. The summed E-state index contributed by atoms with van der Waals surface area (Å²) in [5.74, 6) is -1.23. The Morgan fingerprint density at radius 2 is 2.11 bits per heavy atom. The maximum absolute atomic E-state index is 10.5. The van der Waals surface area contributed by atoms with Crippen LogP contribution in [0.15, 0.2) is 24.3 Å². The number of ether oxygens (including phenoxy) is 1. The zero-order valence-electron chi connectivity index (χ0n) is 11.7. The highest BCUT2D eigenvalue weighted by Gasteiger charge is 2.30. The van der Waals surface area contributed by atoms with E-state index in [2.05, 4.69) is 30.4 Å². The number of halogens is 1. The van der Waals surface area contributed by atoms with Crippen LogP contribution in [0, 0.1) is 0 Å². The van der Waals surface area contributed by atoms with Gasteiger partial charge in [-0.3, -0.25) is 4.90 Å². The van der Waals surface area contributed by atoms with Crippen LogP contribution in [0.5, 0.6) is 0 Å². The van der Waals surface area contributed by atoms with Crippen molar-refractivity contribution in [1.82, 2.24) is 4.90 Å². The van der Waals surface area contributed by atoms with Crippen LogP contribution in [0.3, 0.4) is 0 Å². The number of aliphatic hydroxyl groups is 1. The fourth-order valence-electron chi connectivity index (χ4n) is 2.26. The number of rotatable bonds is 5. The number of benzene rings is 1. The van der Waals surface area contributed by atoms with Gasteiger partial charge in [-0.25, -0.2) is 0 Å². The highest BCUT2D eigenvalue weighted by Crippen LogP contribution is 2.24. The summed E-state index contributed by atoms with van der Waals surface area (Å²) in [4.78, 5) is 1.71. The zero-order valence-corrected chi connectivity index (χ0v) is 12.5. The molecule has 1 aromatic rings. The lowest BCUT2D eigenvalue weighted by Gasteiger charge is -2.34. The van der Waals surface area contributed by atoms with Gasteiger partial charge in [0.2, 0.25) is 5.91 Å². The van der Waals surface area contributed by atoms with Crippen LogP contribution in [0.4, 0.5) is 0 Å². The van der Waals surface area contributed by atoms with Crippen LogP contribution >= 0.6 is 12.4 Å². The van der Waals surface area contributed by atoms with E-state index in [0.29, 0.717) is 13.0 Å². The molecule has 4 heteroatoms. The van der Waals surface area contributed by atoms with Gasteiger partial charge in [-0.05, 0) is 44.1 Å². The van der Waals surface area contributed by atoms with Crippen molar-refractivity contribution in [1.29, 1.82) is 0 Å². The Hall–Kier alpha value is -0.870. The molecule has 0 spiro atoms. The van der Waals surface area contributed by atoms with Crippen molar-refractivity contribution in [2.45, 2.75) is 25.7 Å². The van der Waals surface area contributed by atoms with Crippen LogP contribution in [-0.2, 0) is 17.6 Å². The van der Waals surface area contributed by atoms with Gasteiger partial charge in [-0.1, -0.05) is 30.4 Å². The maximum atomic E-state index is 10.5. The Morgan fingerprint density at radius 3 is 2.74 bits per heavy atom. The predicted molar refractivity (Wildman–Crippen MR) is 80.4 cm³/mol. The summed E-state index contributed by atoms with van der Waals surface area (Å²) < 4.78 is 5.48. The molecule has 0 bridgehead atoms. The second kappa shape index (κ2) is 6.53. The number of allylic oxidation sites excluding steroid dienone is 1. The van der Waals surface area contributed by atoms with Gasteiger partial charge in [-0.15, -0.1) is 12.4 Å². The summed E-state index contributed by atoms with van der Waals surface area (Å²) in [5, 5.41) is 10.5. The summed E-state index contributed by atoms with van der Waals surface area (Å²) >= 11 is 0. The van der Waals surface area contributed by atoms with E-state index >= 15 is 0 Å². The first-order valence-corrected chi connectivity index (χ1v) is 6.37. The number of hydrogen-bond acceptors (Lipinski definition) is 3. The molecule has 0 aromatic heterocycles. The van der Waals surface area contributed by atoms with Crippen molar-refractivity contribution in [2.24, 2.45) is 0 Å². The van der Waals surface area contributed by atoms with Crippen molar-refractivity contribution < 1.29 is 9.84 Å². The first kappa shape index (κ1) is 16.2. The van der Waals surface area contributed by atoms with Crippen LogP contribution in [0.25, 0.3) is 6.08 Å². The van der Waals surface area contributed by atoms with E-state index in [9.17, 15) is 5.11 Å². The molecule has 1 N–H and O–H groups in total. The van der Waals surface area contributed by atoms with E-state index in [1.54, 1.807) is 4.90 Å².